The van der Waals surface area contributed by atoms with Crippen LogP contribution in [0.4, 0.5) is 22.0 Å². The Labute approximate surface area is 439 Å². The number of piperidine rings is 9. The molecule has 9 saturated heterocycles. The SMILES string of the molecule is O=C1C2CCN(CC2)C1Cc1ccccc1-c1ccc(F)cc1F.O=C1C2CCN(CC2)C1Cc1ccccc1-c1cccc(C(F)(F)F)c1.O=C1C2CCN(CC2)C1Cc1ccccc1-c1cccc(Cl)c1Cl. The number of nitrogens with zero attached hydrogens (tertiary/aromatic N) is 3. The Bertz CT molecular complexity index is 3030. The third kappa shape index (κ3) is 11.1. The lowest BCUT2D eigenvalue weighted by molar-refractivity contribution is -0.138. The van der Waals surface area contributed by atoms with Crippen molar-refractivity contribution in [2.75, 3.05) is 39.3 Å². The first-order valence-electron chi connectivity index (χ1n) is 25.9. The molecule has 384 valence electrons. The van der Waals surface area contributed by atoms with E-state index in [1.165, 1.54) is 24.3 Å². The lowest BCUT2D eigenvalue weighted by Gasteiger charge is -2.44. The molecule has 9 fully saturated rings. The first-order chi connectivity index (χ1) is 35.7. The lowest BCUT2D eigenvalue weighted by atomic mass is 9.79. The van der Waals surface area contributed by atoms with Crippen molar-refractivity contribution in [2.45, 2.75) is 82.1 Å². The number of ketones is 3. The largest absolute Gasteiger partial charge is 0.416 e. The van der Waals surface area contributed by atoms with Gasteiger partial charge >= 0.3 is 6.18 Å². The number of benzene rings is 6. The lowest BCUT2D eigenvalue weighted by Crippen LogP contribution is -2.56. The van der Waals surface area contributed by atoms with E-state index in [1.807, 2.05) is 72.8 Å². The summed E-state index contributed by atoms with van der Waals surface area (Å²) >= 11 is 12.6. The molecule has 0 aliphatic carbocycles. The summed E-state index contributed by atoms with van der Waals surface area (Å²) in [5.41, 5.74) is 6.82. The Morgan fingerprint density at radius 3 is 1.30 bits per heavy atom. The molecule has 3 atom stereocenters. The second kappa shape index (κ2) is 22.3. The fourth-order valence-electron chi connectivity index (χ4n) is 12.3. The van der Waals surface area contributed by atoms with Crippen LogP contribution in [0.15, 0.2) is 133 Å². The highest BCUT2D eigenvalue weighted by molar-refractivity contribution is 6.43. The van der Waals surface area contributed by atoms with Crippen LogP contribution >= 0.6 is 23.2 Å². The summed E-state index contributed by atoms with van der Waals surface area (Å²) < 4.78 is 66.6. The number of hydrogen-bond acceptors (Lipinski definition) is 6. The van der Waals surface area contributed by atoms with Crippen molar-refractivity contribution in [2.24, 2.45) is 17.8 Å². The standard InChI is InChI=1S/C21H20F3NO.C20H19Cl2NO.C20H19F2NO/c22-21(23,24)17-6-3-5-15(12-17)18-7-2-1-4-16(18)13-19-20(26)14-8-10-25(19)11-9-14;21-17-7-3-6-16(19(17)22)15-5-2-1-4-14(15)12-18-20(24)13-8-10-23(18)11-9-13;21-15-5-6-17(18(22)12-15)16-4-2-1-3-14(16)11-19-20(24)13-7-9-23(19)10-8-13/h1-7,12,14,19H,8-11,13H2;1-7,13,18H,8-12H2;1-6,12-13,19H,7-11H2. The highest BCUT2D eigenvalue weighted by atomic mass is 35.5. The molecule has 9 heterocycles. The normalized spacial score (nSPS) is 25.8. The van der Waals surface area contributed by atoms with E-state index in [0.717, 1.165) is 135 Å². The number of carbonyl (C=O) groups excluding carboxylic acids is 3. The fourth-order valence-corrected chi connectivity index (χ4v) is 12.7. The molecule has 13 heteroatoms. The van der Waals surface area contributed by atoms with Gasteiger partial charge in [0.1, 0.15) is 11.6 Å². The van der Waals surface area contributed by atoms with Crippen LogP contribution in [0.1, 0.15) is 60.8 Å². The van der Waals surface area contributed by atoms with Gasteiger partial charge in [0.2, 0.25) is 0 Å². The summed E-state index contributed by atoms with van der Waals surface area (Å²) in [5.74, 6) is 0.490. The van der Waals surface area contributed by atoms with Crippen molar-refractivity contribution in [3.05, 3.63) is 177 Å². The van der Waals surface area contributed by atoms with E-state index < -0.39 is 23.4 Å². The summed E-state index contributed by atoms with van der Waals surface area (Å²) in [6.45, 7) is 5.89. The van der Waals surface area contributed by atoms with Gasteiger partial charge in [-0.05, 0) is 166 Å². The number of Topliss-reactive ketones (excluding diaryl/α,β-unsaturated/α-hetero) is 3. The van der Waals surface area contributed by atoms with Crippen LogP contribution in [0.25, 0.3) is 33.4 Å². The molecule has 0 N–H and O–H groups in total. The van der Waals surface area contributed by atoms with Crippen LogP contribution in [0, 0.1) is 29.4 Å². The van der Waals surface area contributed by atoms with Crippen molar-refractivity contribution < 1.29 is 36.3 Å². The molecular weight excluding hydrogens is 989 g/mol. The third-order valence-electron chi connectivity index (χ3n) is 16.4. The van der Waals surface area contributed by atoms with Gasteiger partial charge in [-0.3, -0.25) is 29.1 Å². The molecule has 0 saturated carbocycles. The van der Waals surface area contributed by atoms with Gasteiger partial charge in [-0.25, -0.2) is 8.78 Å². The molecule has 15 rings (SSSR count). The Morgan fingerprint density at radius 2 is 0.851 bits per heavy atom. The first kappa shape index (κ1) is 51.9. The van der Waals surface area contributed by atoms with Crippen LogP contribution in [0.2, 0.25) is 10.0 Å². The quantitative estimate of drug-likeness (QED) is 0.135. The summed E-state index contributed by atoms with van der Waals surface area (Å²) in [5, 5.41) is 1.13. The number of halogens is 7. The maximum atomic E-state index is 14.2. The Kier molecular flexibility index (Phi) is 15.7. The van der Waals surface area contributed by atoms with Crippen LogP contribution in [-0.2, 0) is 39.8 Å². The summed E-state index contributed by atoms with van der Waals surface area (Å²) in [7, 11) is 0. The summed E-state index contributed by atoms with van der Waals surface area (Å²) in [4.78, 5) is 44.7. The van der Waals surface area contributed by atoms with E-state index in [9.17, 15) is 36.3 Å². The van der Waals surface area contributed by atoms with Crippen LogP contribution in [0.3, 0.4) is 0 Å². The minimum Gasteiger partial charge on any atom is -0.298 e. The number of carbonyl (C=O) groups is 3. The summed E-state index contributed by atoms with van der Waals surface area (Å²) in [6, 6.07) is 37.7. The summed E-state index contributed by atoms with van der Waals surface area (Å²) in [6.07, 6.45) is 3.37. The molecule has 6 aromatic carbocycles. The molecule has 0 aromatic heterocycles. The van der Waals surface area contributed by atoms with Crippen LogP contribution < -0.4 is 0 Å². The van der Waals surface area contributed by atoms with Crippen molar-refractivity contribution in [3.63, 3.8) is 0 Å². The maximum absolute atomic E-state index is 14.2. The Hall–Kier alpha value is -5.56. The average molecular weight is 1050 g/mol. The van der Waals surface area contributed by atoms with Crippen molar-refractivity contribution >= 4 is 40.6 Å². The average Bonchev–Trinajstić information content (AvgIpc) is 3.42. The molecule has 0 radical (unpaired) electrons. The third-order valence-corrected chi connectivity index (χ3v) is 17.2. The number of fused-ring (bicyclic) bond motifs is 9. The highest BCUT2D eigenvalue weighted by Gasteiger charge is 2.43. The van der Waals surface area contributed by atoms with E-state index in [1.54, 1.807) is 12.1 Å². The minimum absolute atomic E-state index is 0.0107. The zero-order valence-corrected chi connectivity index (χ0v) is 42.5. The smallest absolute Gasteiger partial charge is 0.298 e. The zero-order valence-electron chi connectivity index (χ0n) is 41.0. The predicted molar refractivity (Wildman–Crippen MR) is 281 cm³/mol. The second-order valence-corrected chi connectivity index (χ2v) is 21.4. The van der Waals surface area contributed by atoms with Gasteiger partial charge in [0.05, 0.1) is 33.7 Å². The molecule has 9 aliphatic rings. The molecular formula is C61H58Cl2F5N3O3. The molecule has 9 aliphatic heterocycles. The van der Waals surface area contributed by atoms with Gasteiger partial charge < -0.3 is 0 Å². The van der Waals surface area contributed by atoms with E-state index in [0.29, 0.717) is 51.4 Å². The molecule has 74 heavy (non-hydrogen) atoms. The van der Waals surface area contributed by atoms with E-state index >= 15 is 0 Å². The van der Waals surface area contributed by atoms with Gasteiger partial charge in [0.25, 0.3) is 0 Å². The highest BCUT2D eigenvalue weighted by Crippen LogP contribution is 2.40. The van der Waals surface area contributed by atoms with Gasteiger partial charge in [0, 0.05) is 34.9 Å². The molecule has 6 bridgehead atoms. The van der Waals surface area contributed by atoms with Gasteiger partial charge in [0.15, 0.2) is 17.3 Å². The topological polar surface area (TPSA) is 60.9 Å². The van der Waals surface area contributed by atoms with E-state index in [4.69, 9.17) is 23.2 Å². The number of rotatable bonds is 9. The minimum atomic E-state index is -4.37. The monoisotopic (exact) mass is 1050 g/mol. The van der Waals surface area contributed by atoms with Crippen LogP contribution in [0.5, 0.6) is 0 Å². The predicted octanol–water partition coefficient (Wildman–Crippen LogP) is 13.3. The van der Waals surface area contributed by atoms with Gasteiger partial charge in [-0.2, -0.15) is 13.2 Å². The van der Waals surface area contributed by atoms with Gasteiger partial charge in [-0.1, -0.05) is 120 Å². The van der Waals surface area contributed by atoms with Crippen LogP contribution in [-0.4, -0.2) is 89.4 Å². The van der Waals surface area contributed by atoms with Crippen molar-refractivity contribution in [3.8, 4) is 33.4 Å². The Morgan fingerprint density at radius 1 is 0.446 bits per heavy atom. The molecule has 6 aromatic rings. The van der Waals surface area contributed by atoms with E-state index in [2.05, 4.69) is 26.8 Å². The molecule has 3 unspecified atom stereocenters. The molecule has 6 nitrogen and oxygen atoms in total. The van der Waals surface area contributed by atoms with Crippen molar-refractivity contribution in [1.82, 2.24) is 14.7 Å². The second-order valence-electron chi connectivity index (χ2n) is 20.6. The fraction of sp³-hybridized carbons (Fsp3) is 0.361. The molecule has 0 amide bonds. The molecule has 0 spiro atoms. The van der Waals surface area contributed by atoms with E-state index in [-0.39, 0.29) is 35.9 Å². The Balaban J connectivity index is 0.000000127. The van der Waals surface area contributed by atoms with Gasteiger partial charge in [-0.15, -0.1) is 0 Å². The first-order valence-corrected chi connectivity index (χ1v) is 26.6. The maximum Gasteiger partial charge on any atom is 0.416 e. The number of hydrogen-bond donors (Lipinski definition) is 0. The number of alkyl halides is 3. The van der Waals surface area contributed by atoms with Crippen molar-refractivity contribution in [1.29, 1.82) is 0 Å². The zero-order chi connectivity index (χ0) is 51.7.